The van der Waals surface area contributed by atoms with Gasteiger partial charge in [-0.15, -0.1) is 0 Å². The molecule has 2 aromatic heterocycles. The number of hydrogen-bond acceptors (Lipinski definition) is 5. The van der Waals surface area contributed by atoms with E-state index in [0.717, 1.165) is 31.7 Å². The van der Waals surface area contributed by atoms with Crippen LogP contribution in [-0.4, -0.2) is 41.7 Å². The van der Waals surface area contributed by atoms with E-state index in [1.165, 1.54) is 5.56 Å². The maximum atomic E-state index is 5.78. The summed E-state index contributed by atoms with van der Waals surface area (Å²) in [5.41, 5.74) is 1.29. The van der Waals surface area contributed by atoms with Crippen molar-refractivity contribution in [1.29, 1.82) is 0 Å². The highest BCUT2D eigenvalue weighted by Gasteiger charge is 2.20. The molecule has 1 aliphatic heterocycles. The Labute approximate surface area is 131 Å². The highest BCUT2D eigenvalue weighted by Crippen LogP contribution is 2.09. The first kappa shape index (κ1) is 14.9. The summed E-state index contributed by atoms with van der Waals surface area (Å²) in [6.07, 6.45) is 9.40. The van der Waals surface area contributed by atoms with Crippen LogP contribution in [0.5, 0.6) is 5.75 Å². The van der Waals surface area contributed by atoms with Crippen LogP contribution in [0.3, 0.4) is 0 Å². The fourth-order valence-corrected chi connectivity index (χ4v) is 2.69. The molecular formula is C17H22N4O. The van der Waals surface area contributed by atoms with Crippen molar-refractivity contribution in [2.45, 2.75) is 24.9 Å². The minimum Gasteiger partial charge on any atom is -0.490 e. The zero-order valence-electron chi connectivity index (χ0n) is 12.6. The first-order chi connectivity index (χ1) is 10.9. The first-order valence-electron chi connectivity index (χ1n) is 7.78. The molecule has 0 saturated carbocycles. The quantitative estimate of drug-likeness (QED) is 0.844. The lowest BCUT2D eigenvalue weighted by molar-refractivity contribution is 0.220. The molecule has 1 saturated heterocycles. The molecule has 22 heavy (non-hydrogen) atoms. The van der Waals surface area contributed by atoms with Crippen molar-refractivity contribution >= 4 is 0 Å². The van der Waals surface area contributed by atoms with Crippen molar-refractivity contribution in [3.8, 4) is 5.75 Å². The van der Waals surface area contributed by atoms with Crippen LogP contribution in [0.2, 0.25) is 0 Å². The molecule has 2 aromatic rings. The molecule has 5 heteroatoms. The summed E-state index contributed by atoms with van der Waals surface area (Å²) < 4.78 is 5.78. The van der Waals surface area contributed by atoms with E-state index in [-0.39, 0.29) is 0 Å². The molecule has 0 radical (unpaired) electrons. The summed E-state index contributed by atoms with van der Waals surface area (Å²) in [4.78, 5) is 8.22. The predicted octanol–water partition coefficient (Wildman–Crippen LogP) is 1.42. The van der Waals surface area contributed by atoms with Crippen LogP contribution >= 0.6 is 0 Å². The monoisotopic (exact) mass is 298 g/mol. The highest BCUT2D eigenvalue weighted by molar-refractivity contribution is 5.15. The Balaban J connectivity index is 1.43. The van der Waals surface area contributed by atoms with Crippen molar-refractivity contribution < 1.29 is 4.74 Å². The largest absolute Gasteiger partial charge is 0.490 e. The van der Waals surface area contributed by atoms with E-state index in [9.17, 15) is 0 Å². The van der Waals surface area contributed by atoms with Crippen LogP contribution < -0.4 is 15.4 Å². The fourth-order valence-electron chi connectivity index (χ4n) is 2.69. The number of rotatable bonds is 6. The summed E-state index contributed by atoms with van der Waals surface area (Å²) in [7, 11) is 0. The lowest BCUT2D eigenvalue weighted by Gasteiger charge is -2.31. The molecule has 1 fully saturated rings. The lowest BCUT2D eigenvalue weighted by Crippen LogP contribution is -2.56. The van der Waals surface area contributed by atoms with E-state index in [2.05, 4.69) is 26.7 Å². The molecule has 3 rings (SSSR count). The Morgan fingerprint density at radius 1 is 1.05 bits per heavy atom. The smallest absolute Gasteiger partial charge is 0.137 e. The summed E-state index contributed by atoms with van der Waals surface area (Å²) in [5.74, 6) is 0.821. The zero-order valence-corrected chi connectivity index (χ0v) is 12.6. The maximum absolute atomic E-state index is 5.78. The summed E-state index contributed by atoms with van der Waals surface area (Å²) in [5, 5.41) is 7.15. The second-order valence-corrected chi connectivity index (χ2v) is 5.62. The number of aryl methyl sites for hydroxylation is 1. The van der Waals surface area contributed by atoms with E-state index >= 15 is 0 Å². The number of pyridine rings is 2. The molecule has 5 nitrogen and oxygen atoms in total. The summed E-state index contributed by atoms with van der Waals surface area (Å²) in [6.45, 7) is 2.59. The number of nitrogens with one attached hydrogen (secondary N) is 2. The summed E-state index contributed by atoms with van der Waals surface area (Å²) in [6, 6.07) is 8.74. The molecule has 2 N–H and O–H groups in total. The summed E-state index contributed by atoms with van der Waals surface area (Å²) >= 11 is 0. The third-order valence-corrected chi connectivity index (χ3v) is 3.84. The van der Waals surface area contributed by atoms with Gasteiger partial charge in [0.2, 0.25) is 0 Å². The predicted molar refractivity (Wildman–Crippen MR) is 85.9 cm³/mol. The molecule has 0 unspecified atom stereocenters. The second kappa shape index (κ2) is 7.87. The highest BCUT2D eigenvalue weighted by atomic mass is 16.5. The van der Waals surface area contributed by atoms with Gasteiger partial charge >= 0.3 is 0 Å². The van der Waals surface area contributed by atoms with E-state index in [1.807, 2.05) is 30.6 Å². The SMILES string of the molecule is c1cncc(CC[C@@H]2CNC[C@@H](COc3cccnc3)N2)c1. The van der Waals surface area contributed by atoms with Crippen molar-refractivity contribution in [3.63, 3.8) is 0 Å². The Morgan fingerprint density at radius 2 is 1.86 bits per heavy atom. The van der Waals surface area contributed by atoms with Gasteiger partial charge in [0.25, 0.3) is 0 Å². The van der Waals surface area contributed by atoms with Gasteiger partial charge < -0.3 is 15.4 Å². The average Bonchev–Trinajstić information content (AvgIpc) is 2.60. The van der Waals surface area contributed by atoms with E-state index in [0.29, 0.717) is 18.7 Å². The van der Waals surface area contributed by atoms with Gasteiger partial charge in [-0.05, 0) is 36.6 Å². The molecule has 0 aromatic carbocycles. The normalized spacial score (nSPS) is 21.5. The van der Waals surface area contributed by atoms with Crippen LogP contribution in [0.15, 0.2) is 49.1 Å². The number of nitrogens with zero attached hydrogens (tertiary/aromatic N) is 2. The second-order valence-electron chi connectivity index (χ2n) is 5.62. The molecule has 116 valence electrons. The van der Waals surface area contributed by atoms with Gasteiger partial charge in [-0.25, -0.2) is 0 Å². The van der Waals surface area contributed by atoms with Crippen molar-refractivity contribution in [3.05, 3.63) is 54.6 Å². The van der Waals surface area contributed by atoms with Crippen LogP contribution in [0.1, 0.15) is 12.0 Å². The average molecular weight is 298 g/mol. The molecular weight excluding hydrogens is 276 g/mol. The van der Waals surface area contributed by atoms with Crippen LogP contribution in [0.4, 0.5) is 0 Å². The van der Waals surface area contributed by atoms with Crippen molar-refractivity contribution in [2.75, 3.05) is 19.7 Å². The Bertz CT molecular complexity index is 500. The van der Waals surface area contributed by atoms with Crippen LogP contribution in [0, 0.1) is 0 Å². The molecule has 0 bridgehead atoms. The molecule has 2 atom stereocenters. The van der Waals surface area contributed by atoms with E-state index in [4.69, 9.17) is 4.74 Å². The van der Waals surface area contributed by atoms with Gasteiger partial charge in [-0.2, -0.15) is 0 Å². The Morgan fingerprint density at radius 3 is 2.64 bits per heavy atom. The maximum Gasteiger partial charge on any atom is 0.137 e. The van der Waals surface area contributed by atoms with Gasteiger partial charge in [0, 0.05) is 37.7 Å². The van der Waals surface area contributed by atoms with Crippen LogP contribution in [0.25, 0.3) is 0 Å². The van der Waals surface area contributed by atoms with Crippen molar-refractivity contribution in [1.82, 2.24) is 20.6 Å². The molecule has 3 heterocycles. The van der Waals surface area contributed by atoms with Gasteiger partial charge in [0.1, 0.15) is 12.4 Å². The Hall–Kier alpha value is -1.98. The number of aromatic nitrogens is 2. The number of piperazine rings is 1. The molecule has 0 amide bonds. The van der Waals surface area contributed by atoms with E-state index < -0.39 is 0 Å². The van der Waals surface area contributed by atoms with E-state index in [1.54, 1.807) is 12.4 Å². The van der Waals surface area contributed by atoms with Gasteiger partial charge in [-0.1, -0.05) is 6.07 Å². The third-order valence-electron chi connectivity index (χ3n) is 3.84. The standard InChI is InChI=1S/C17H22N4O/c1-3-14(9-18-7-1)5-6-15-10-20-11-16(21-15)13-22-17-4-2-8-19-12-17/h1-4,7-9,12,15-16,20-21H,5-6,10-11,13H2/t15-,16+/m1/s1. The molecule has 0 spiro atoms. The van der Waals surface area contributed by atoms with Crippen molar-refractivity contribution in [2.24, 2.45) is 0 Å². The minimum atomic E-state index is 0.327. The molecule has 1 aliphatic rings. The fraction of sp³-hybridized carbons (Fsp3) is 0.412. The van der Waals surface area contributed by atoms with Gasteiger partial charge in [-0.3, -0.25) is 9.97 Å². The zero-order chi connectivity index (χ0) is 15.0. The van der Waals surface area contributed by atoms with Gasteiger partial charge in [0.05, 0.1) is 12.2 Å². The third kappa shape index (κ3) is 4.51. The molecule has 0 aliphatic carbocycles. The van der Waals surface area contributed by atoms with Crippen LogP contribution in [-0.2, 0) is 6.42 Å². The number of ether oxygens (including phenoxy) is 1. The topological polar surface area (TPSA) is 59.1 Å². The lowest BCUT2D eigenvalue weighted by atomic mass is 10.0. The first-order valence-corrected chi connectivity index (χ1v) is 7.78. The Kier molecular flexibility index (Phi) is 5.34. The minimum absolute atomic E-state index is 0.327. The van der Waals surface area contributed by atoms with Gasteiger partial charge in [0.15, 0.2) is 0 Å². The number of hydrogen-bond donors (Lipinski definition) is 2.